The molecule has 4 rings (SSSR count). The van der Waals surface area contributed by atoms with Gasteiger partial charge in [0.15, 0.2) is 0 Å². The molecule has 0 bridgehead atoms. The summed E-state index contributed by atoms with van der Waals surface area (Å²) in [5.74, 6) is 2.19. The highest BCUT2D eigenvalue weighted by Crippen LogP contribution is 2.21. The number of nitrogens with zero attached hydrogens (tertiary/aromatic N) is 3. The number of aromatic nitrogens is 2. The Morgan fingerprint density at radius 1 is 1.17 bits per heavy atom. The Labute approximate surface area is 184 Å². The number of para-hydroxylation sites is 2. The van der Waals surface area contributed by atoms with Gasteiger partial charge in [-0.25, -0.2) is 4.98 Å². The van der Waals surface area contributed by atoms with Crippen LogP contribution < -0.4 is 5.32 Å². The van der Waals surface area contributed by atoms with Crippen LogP contribution in [-0.4, -0.2) is 46.5 Å². The fourth-order valence-electron chi connectivity index (χ4n) is 4.34. The van der Waals surface area contributed by atoms with Gasteiger partial charge in [-0.2, -0.15) is 0 Å². The first-order valence-corrected chi connectivity index (χ1v) is 10.6. The zero-order valence-corrected chi connectivity index (χ0v) is 18.8. The van der Waals surface area contributed by atoms with E-state index in [1.54, 1.807) is 0 Å². The largest absolute Gasteiger partial charge is 0.352 e. The van der Waals surface area contributed by atoms with E-state index in [0.717, 1.165) is 48.7 Å². The number of hydrogen-bond acceptors (Lipinski definition) is 3. The SMILES string of the molecule is Cc1nc2ccccc2n1-c1ccc(C(=O)NCC2CCN(CC(C)C)C2)cc1.Cl. The molecule has 1 N–H and O–H groups in total. The number of imidazole rings is 1. The minimum Gasteiger partial charge on any atom is -0.352 e. The van der Waals surface area contributed by atoms with E-state index in [1.165, 1.54) is 6.42 Å². The lowest BCUT2D eigenvalue weighted by Crippen LogP contribution is -2.31. The van der Waals surface area contributed by atoms with Crippen LogP contribution in [0, 0.1) is 18.8 Å². The number of halogens is 1. The average Bonchev–Trinajstić information content (AvgIpc) is 3.28. The molecule has 0 radical (unpaired) electrons. The highest BCUT2D eigenvalue weighted by molar-refractivity contribution is 5.94. The molecule has 0 saturated carbocycles. The fourth-order valence-corrected chi connectivity index (χ4v) is 4.34. The number of rotatable bonds is 6. The van der Waals surface area contributed by atoms with Crippen molar-refractivity contribution in [3.63, 3.8) is 0 Å². The van der Waals surface area contributed by atoms with E-state index in [2.05, 4.69) is 39.7 Å². The predicted octanol–water partition coefficient (Wildman–Crippen LogP) is 4.46. The summed E-state index contributed by atoms with van der Waals surface area (Å²) in [5.41, 5.74) is 3.78. The first kappa shape index (κ1) is 22.3. The van der Waals surface area contributed by atoms with Gasteiger partial charge in [0.05, 0.1) is 11.0 Å². The van der Waals surface area contributed by atoms with Gasteiger partial charge in [0.25, 0.3) is 5.91 Å². The Kier molecular flexibility index (Phi) is 7.16. The molecule has 5 nitrogen and oxygen atoms in total. The average molecular weight is 427 g/mol. The molecule has 30 heavy (non-hydrogen) atoms. The molecule has 0 aliphatic carbocycles. The number of likely N-dealkylation sites (tertiary alicyclic amines) is 1. The standard InChI is InChI=1S/C24H30N4O.ClH/c1-17(2)15-27-13-12-19(16-27)14-25-24(29)20-8-10-21(11-9-20)28-18(3)26-22-6-4-5-7-23(22)28;/h4-11,17,19H,12-16H2,1-3H3,(H,25,29);1H. The molecule has 1 saturated heterocycles. The van der Waals surface area contributed by atoms with Crippen molar-refractivity contribution in [2.75, 3.05) is 26.2 Å². The van der Waals surface area contributed by atoms with Crippen molar-refractivity contribution >= 4 is 29.3 Å². The number of carbonyl (C=O) groups is 1. The van der Waals surface area contributed by atoms with E-state index in [4.69, 9.17) is 0 Å². The molecule has 1 aromatic heterocycles. The van der Waals surface area contributed by atoms with Crippen LogP contribution in [-0.2, 0) is 0 Å². The summed E-state index contributed by atoms with van der Waals surface area (Å²) in [6.07, 6.45) is 1.17. The molecule has 0 spiro atoms. The third-order valence-electron chi connectivity index (χ3n) is 5.66. The molecule has 6 heteroatoms. The summed E-state index contributed by atoms with van der Waals surface area (Å²) >= 11 is 0. The number of carbonyl (C=O) groups excluding carboxylic acids is 1. The lowest BCUT2D eigenvalue weighted by atomic mass is 10.1. The van der Waals surface area contributed by atoms with Crippen LogP contribution in [0.15, 0.2) is 48.5 Å². The van der Waals surface area contributed by atoms with Crippen molar-refractivity contribution in [3.8, 4) is 5.69 Å². The normalized spacial score (nSPS) is 16.7. The van der Waals surface area contributed by atoms with Crippen LogP contribution in [0.25, 0.3) is 16.7 Å². The smallest absolute Gasteiger partial charge is 0.251 e. The highest BCUT2D eigenvalue weighted by Gasteiger charge is 2.23. The first-order chi connectivity index (χ1) is 14.0. The van der Waals surface area contributed by atoms with Crippen molar-refractivity contribution in [1.82, 2.24) is 19.8 Å². The van der Waals surface area contributed by atoms with E-state index in [0.29, 0.717) is 17.4 Å². The molecule has 1 aliphatic rings. The minimum atomic E-state index is 0. The summed E-state index contributed by atoms with van der Waals surface area (Å²) in [6, 6.07) is 15.9. The molecule has 1 unspecified atom stereocenters. The van der Waals surface area contributed by atoms with Crippen molar-refractivity contribution < 1.29 is 4.79 Å². The van der Waals surface area contributed by atoms with E-state index in [9.17, 15) is 4.79 Å². The predicted molar refractivity (Wildman–Crippen MR) is 125 cm³/mol. The molecular formula is C24H31ClN4O. The monoisotopic (exact) mass is 426 g/mol. The van der Waals surface area contributed by atoms with E-state index in [-0.39, 0.29) is 18.3 Å². The Morgan fingerprint density at radius 3 is 2.63 bits per heavy atom. The Bertz CT molecular complexity index is 996. The van der Waals surface area contributed by atoms with Crippen LogP contribution >= 0.6 is 12.4 Å². The van der Waals surface area contributed by atoms with Gasteiger partial charge in [-0.1, -0.05) is 26.0 Å². The van der Waals surface area contributed by atoms with E-state index >= 15 is 0 Å². The molecule has 1 aliphatic heterocycles. The van der Waals surface area contributed by atoms with Gasteiger partial charge in [0.2, 0.25) is 0 Å². The van der Waals surface area contributed by atoms with Gasteiger partial charge < -0.3 is 10.2 Å². The van der Waals surface area contributed by atoms with Crippen molar-refractivity contribution in [2.24, 2.45) is 11.8 Å². The summed E-state index contributed by atoms with van der Waals surface area (Å²) < 4.78 is 2.12. The second-order valence-electron chi connectivity index (χ2n) is 8.55. The maximum atomic E-state index is 12.6. The van der Waals surface area contributed by atoms with Gasteiger partial charge in [0, 0.05) is 30.9 Å². The Morgan fingerprint density at radius 2 is 1.90 bits per heavy atom. The number of aryl methyl sites for hydroxylation is 1. The number of fused-ring (bicyclic) bond motifs is 1. The van der Waals surface area contributed by atoms with Crippen LogP contribution in [0.1, 0.15) is 36.5 Å². The molecule has 1 fully saturated rings. The van der Waals surface area contributed by atoms with Crippen LogP contribution in [0.4, 0.5) is 0 Å². The number of nitrogens with one attached hydrogen (secondary N) is 1. The Balaban J connectivity index is 0.00000256. The maximum absolute atomic E-state index is 12.6. The molecule has 1 amide bonds. The second kappa shape index (κ2) is 9.63. The molecule has 160 valence electrons. The molecule has 3 aromatic rings. The zero-order chi connectivity index (χ0) is 20.4. The van der Waals surface area contributed by atoms with Crippen molar-refractivity contribution in [3.05, 3.63) is 59.9 Å². The van der Waals surface area contributed by atoms with Crippen LogP contribution in [0.3, 0.4) is 0 Å². The molecule has 1 atom stereocenters. The van der Waals surface area contributed by atoms with Gasteiger partial charge in [-0.3, -0.25) is 9.36 Å². The fraction of sp³-hybridized carbons (Fsp3) is 0.417. The summed E-state index contributed by atoms with van der Waals surface area (Å²) in [6.45, 7) is 10.6. The van der Waals surface area contributed by atoms with E-state index in [1.807, 2.05) is 49.4 Å². The van der Waals surface area contributed by atoms with Gasteiger partial charge in [0.1, 0.15) is 5.82 Å². The molecule has 2 aromatic carbocycles. The third kappa shape index (κ3) is 4.85. The van der Waals surface area contributed by atoms with Gasteiger partial charge in [-0.15, -0.1) is 12.4 Å². The van der Waals surface area contributed by atoms with Crippen molar-refractivity contribution in [2.45, 2.75) is 27.2 Å². The quantitative estimate of drug-likeness (QED) is 0.632. The molecular weight excluding hydrogens is 396 g/mol. The number of hydrogen-bond donors (Lipinski definition) is 1. The van der Waals surface area contributed by atoms with Gasteiger partial charge >= 0.3 is 0 Å². The van der Waals surface area contributed by atoms with E-state index < -0.39 is 0 Å². The zero-order valence-electron chi connectivity index (χ0n) is 18.0. The lowest BCUT2D eigenvalue weighted by Gasteiger charge is -2.18. The van der Waals surface area contributed by atoms with Crippen molar-refractivity contribution in [1.29, 1.82) is 0 Å². The van der Waals surface area contributed by atoms with Gasteiger partial charge in [-0.05, 0) is 68.1 Å². The third-order valence-corrected chi connectivity index (χ3v) is 5.66. The highest BCUT2D eigenvalue weighted by atomic mass is 35.5. The van der Waals surface area contributed by atoms with Crippen LogP contribution in [0.5, 0.6) is 0 Å². The maximum Gasteiger partial charge on any atom is 0.251 e. The minimum absolute atomic E-state index is 0. The Hall–Kier alpha value is -2.37. The number of benzene rings is 2. The summed E-state index contributed by atoms with van der Waals surface area (Å²) in [5, 5.41) is 3.13. The number of amides is 1. The molecule has 2 heterocycles. The summed E-state index contributed by atoms with van der Waals surface area (Å²) in [7, 11) is 0. The topological polar surface area (TPSA) is 50.2 Å². The lowest BCUT2D eigenvalue weighted by molar-refractivity contribution is 0.0947. The van der Waals surface area contributed by atoms with Crippen LogP contribution in [0.2, 0.25) is 0 Å². The second-order valence-corrected chi connectivity index (χ2v) is 8.55. The first-order valence-electron chi connectivity index (χ1n) is 10.6. The summed E-state index contributed by atoms with van der Waals surface area (Å²) in [4.78, 5) is 19.7.